The number of ether oxygens (including phenoxy) is 1. The highest BCUT2D eigenvalue weighted by molar-refractivity contribution is 5.92. The Morgan fingerprint density at radius 3 is 2.84 bits per heavy atom. The first-order chi connectivity index (χ1) is 12.1. The lowest BCUT2D eigenvalue weighted by molar-refractivity contribution is -0.116. The molecular weight excluding hydrogens is 318 g/mol. The van der Waals surface area contributed by atoms with Crippen molar-refractivity contribution in [3.05, 3.63) is 64.2 Å². The van der Waals surface area contributed by atoms with Crippen molar-refractivity contribution in [1.82, 2.24) is 9.97 Å². The number of para-hydroxylation sites is 1. The number of benzene rings is 2. The first-order valence-corrected chi connectivity index (χ1v) is 7.99. The highest BCUT2D eigenvalue weighted by Crippen LogP contribution is 2.25. The normalized spacial score (nSPS) is 10.6. The van der Waals surface area contributed by atoms with Gasteiger partial charge < -0.3 is 15.0 Å². The molecule has 0 radical (unpaired) electrons. The van der Waals surface area contributed by atoms with Crippen LogP contribution >= 0.6 is 0 Å². The molecule has 0 saturated heterocycles. The number of aromatic amines is 1. The molecule has 0 saturated carbocycles. The molecule has 1 heterocycles. The molecule has 0 aliphatic rings. The van der Waals surface area contributed by atoms with Crippen molar-refractivity contribution in [1.29, 1.82) is 0 Å². The number of nitrogens with zero attached hydrogens (tertiary/aromatic N) is 1. The monoisotopic (exact) mass is 337 g/mol. The van der Waals surface area contributed by atoms with Crippen LogP contribution in [0.25, 0.3) is 10.9 Å². The first-order valence-electron chi connectivity index (χ1n) is 7.99. The lowest BCUT2D eigenvalue weighted by Gasteiger charge is -2.11. The molecule has 6 nitrogen and oxygen atoms in total. The van der Waals surface area contributed by atoms with Gasteiger partial charge in [-0.15, -0.1) is 0 Å². The van der Waals surface area contributed by atoms with Crippen LogP contribution in [0, 0.1) is 6.92 Å². The summed E-state index contributed by atoms with van der Waals surface area (Å²) in [7, 11) is 1.56. The van der Waals surface area contributed by atoms with E-state index in [1.807, 2.05) is 31.2 Å². The summed E-state index contributed by atoms with van der Waals surface area (Å²) in [5, 5.41) is 3.38. The third-order valence-corrected chi connectivity index (χ3v) is 3.88. The standard InChI is InChI=1S/C19H19N3O3/c1-12-7-8-16(25-2)15(11-12)21-18(23)10-9-17-20-14-6-4-3-5-13(14)19(24)22-17/h3-8,11H,9-10H2,1-2H3,(H,21,23)(H,20,22,24). The van der Waals surface area contributed by atoms with Crippen molar-refractivity contribution in [2.24, 2.45) is 0 Å². The van der Waals surface area contributed by atoms with E-state index in [4.69, 9.17) is 4.74 Å². The molecule has 2 N–H and O–H groups in total. The van der Waals surface area contributed by atoms with Gasteiger partial charge >= 0.3 is 0 Å². The molecule has 0 spiro atoms. The van der Waals surface area contributed by atoms with Gasteiger partial charge in [-0.1, -0.05) is 18.2 Å². The second-order valence-corrected chi connectivity index (χ2v) is 5.78. The number of methoxy groups -OCH3 is 1. The Bertz CT molecular complexity index is 979. The van der Waals surface area contributed by atoms with Gasteiger partial charge in [-0.05, 0) is 36.8 Å². The predicted octanol–water partition coefficient (Wildman–Crippen LogP) is 2.81. The predicted molar refractivity (Wildman–Crippen MR) is 97.0 cm³/mol. The van der Waals surface area contributed by atoms with Crippen molar-refractivity contribution in [2.75, 3.05) is 12.4 Å². The maximum Gasteiger partial charge on any atom is 0.258 e. The number of rotatable bonds is 5. The maximum atomic E-state index is 12.2. The largest absolute Gasteiger partial charge is 0.495 e. The lowest BCUT2D eigenvalue weighted by atomic mass is 10.2. The Hall–Kier alpha value is -3.15. The summed E-state index contributed by atoms with van der Waals surface area (Å²) in [4.78, 5) is 31.4. The van der Waals surface area contributed by atoms with Gasteiger partial charge in [0.05, 0.1) is 23.7 Å². The minimum absolute atomic E-state index is 0.167. The maximum absolute atomic E-state index is 12.2. The molecule has 0 aliphatic carbocycles. The van der Waals surface area contributed by atoms with Gasteiger partial charge in [0.15, 0.2) is 0 Å². The molecule has 0 atom stereocenters. The molecule has 0 bridgehead atoms. The molecule has 3 aromatic rings. The number of carbonyl (C=O) groups excluding carboxylic acids is 1. The molecule has 6 heteroatoms. The molecule has 128 valence electrons. The fourth-order valence-corrected chi connectivity index (χ4v) is 2.62. The van der Waals surface area contributed by atoms with Crippen LogP contribution in [-0.2, 0) is 11.2 Å². The van der Waals surface area contributed by atoms with E-state index in [1.165, 1.54) is 0 Å². The molecular formula is C19H19N3O3. The van der Waals surface area contributed by atoms with Gasteiger partial charge in [-0.3, -0.25) is 9.59 Å². The zero-order valence-corrected chi connectivity index (χ0v) is 14.1. The van der Waals surface area contributed by atoms with Gasteiger partial charge in [0, 0.05) is 12.8 Å². The van der Waals surface area contributed by atoms with Crippen molar-refractivity contribution < 1.29 is 9.53 Å². The van der Waals surface area contributed by atoms with Crippen molar-refractivity contribution in [2.45, 2.75) is 19.8 Å². The van der Waals surface area contributed by atoms with E-state index in [0.29, 0.717) is 34.6 Å². The molecule has 0 aliphatic heterocycles. The zero-order valence-electron chi connectivity index (χ0n) is 14.1. The van der Waals surface area contributed by atoms with Crippen LogP contribution in [0.4, 0.5) is 5.69 Å². The number of carbonyl (C=O) groups is 1. The summed E-state index contributed by atoms with van der Waals surface area (Å²) >= 11 is 0. The summed E-state index contributed by atoms with van der Waals surface area (Å²) in [5.74, 6) is 0.936. The molecule has 2 aromatic carbocycles. The summed E-state index contributed by atoms with van der Waals surface area (Å²) in [6, 6.07) is 12.7. The first kappa shape index (κ1) is 16.7. The molecule has 25 heavy (non-hydrogen) atoms. The fraction of sp³-hybridized carbons (Fsp3) is 0.211. The molecule has 1 amide bonds. The number of anilines is 1. The van der Waals surface area contributed by atoms with Crippen molar-refractivity contribution in [3.63, 3.8) is 0 Å². The van der Waals surface area contributed by atoms with Crippen LogP contribution in [0.3, 0.4) is 0 Å². The van der Waals surface area contributed by atoms with E-state index in [2.05, 4.69) is 15.3 Å². The number of nitrogens with one attached hydrogen (secondary N) is 2. The van der Waals surface area contributed by atoms with E-state index in [9.17, 15) is 9.59 Å². The van der Waals surface area contributed by atoms with Crippen LogP contribution in [0.2, 0.25) is 0 Å². The Labute approximate surface area is 144 Å². The second-order valence-electron chi connectivity index (χ2n) is 5.78. The zero-order chi connectivity index (χ0) is 17.8. The highest BCUT2D eigenvalue weighted by atomic mass is 16.5. The Morgan fingerprint density at radius 2 is 2.04 bits per heavy atom. The van der Waals surface area contributed by atoms with Gasteiger partial charge in [-0.25, -0.2) is 4.98 Å². The molecule has 1 aromatic heterocycles. The average Bonchev–Trinajstić information content (AvgIpc) is 2.60. The number of aromatic nitrogens is 2. The third-order valence-electron chi connectivity index (χ3n) is 3.88. The van der Waals surface area contributed by atoms with Crippen molar-refractivity contribution >= 4 is 22.5 Å². The molecule has 0 fully saturated rings. The number of amides is 1. The van der Waals surface area contributed by atoms with Gasteiger partial charge in [0.2, 0.25) is 5.91 Å². The Balaban J connectivity index is 1.71. The van der Waals surface area contributed by atoms with Crippen LogP contribution < -0.4 is 15.6 Å². The third kappa shape index (κ3) is 3.85. The fourth-order valence-electron chi connectivity index (χ4n) is 2.62. The van der Waals surface area contributed by atoms with E-state index in [0.717, 1.165) is 5.56 Å². The SMILES string of the molecule is COc1ccc(C)cc1NC(=O)CCc1nc2ccccc2c(=O)[nH]1. The van der Waals surface area contributed by atoms with Gasteiger partial charge in [-0.2, -0.15) is 0 Å². The van der Waals surface area contributed by atoms with Gasteiger partial charge in [0.1, 0.15) is 11.6 Å². The van der Waals surface area contributed by atoms with Crippen LogP contribution in [-0.4, -0.2) is 23.0 Å². The lowest BCUT2D eigenvalue weighted by Crippen LogP contribution is -2.16. The van der Waals surface area contributed by atoms with E-state index >= 15 is 0 Å². The number of H-pyrrole nitrogens is 1. The topological polar surface area (TPSA) is 84.1 Å². The highest BCUT2D eigenvalue weighted by Gasteiger charge is 2.10. The van der Waals surface area contributed by atoms with Crippen LogP contribution in [0.5, 0.6) is 5.75 Å². The Morgan fingerprint density at radius 1 is 1.24 bits per heavy atom. The number of hydrogen-bond donors (Lipinski definition) is 2. The molecule has 0 unspecified atom stereocenters. The summed E-state index contributed by atoms with van der Waals surface area (Å²) in [6.45, 7) is 1.94. The summed E-state index contributed by atoms with van der Waals surface area (Å²) in [6.07, 6.45) is 0.554. The number of hydrogen-bond acceptors (Lipinski definition) is 4. The van der Waals surface area contributed by atoms with Gasteiger partial charge in [0.25, 0.3) is 5.56 Å². The van der Waals surface area contributed by atoms with E-state index in [-0.39, 0.29) is 17.9 Å². The minimum atomic E-state index is -0.193. The van der Waals surface area contributed by atoms with E-state index < -0.39 is 0 Å². The Kier molecular flexibility index (Phi) is 4.79. The quantitative estimate of drug-likeness (QED) is 0.750. The average molecular weight is 337 g/mol. The number of fused-ring (bicyclic) bond motifs is 1. The second kappa shape index (κ2) is 7.17. The smallest absolute Gasteiger partial charge is 0.258 e. The van der Waals surface area contributed by atoms with E-state index in [1.54, 1.807) is 25.3 Å². The summed E-state index contributed by atoms with van der Waals surface area (Å²) in [5.41, 5.74) is 2.09. The number of aryl methyl sites for hydroxylation is 2. The van der Waals surface area contributed by atoms with Crippen molar-refractivity contribution in [3.8, 4) is 5.75 Å². The molecule has 3 rings (SSSR count). The summed E-state index contributed by atoms with van der Waals surface area (Å²) < 4.78 is 5.25. The minimum Gasteiger partial charge on any atom is -0.495 e. The van der Waals surface area contributed by atoms with Crippen LogP contribution in [0.1, 0.15) is 17.8 Å². The van der Waals surface area contributed by atoms with Crippen LogP contribution in [0.15, 0.2) is 47.3 Å².